The molecule has 2 atom stereocenters. The van der Waals surface area contributed by atoms with Gasteiger partial charge in [-0.05, 0) is 63.3 Å². The molecule has 1 amide bonds. The van der Waals surface area contributed by atoms with Crippen molar-refractivity contribution in [3.8, 4) is 5.75 Å². The van der Waals surface area contributed by atoms with Gasteiger partial charge in [0.15, 0.2) is 0 Å². The number of carbonyl (C=O) groups is 1. The third-order valence-electron chi connectivity index (χ3n) is 7.89. The Labute approximate surface area is 215 Å². The maximum absolute atomic E-state index is 13.3. The third kappa shape index (κ3) is 5.91. The van der Waals surface area contributed by atoms with Crippen molar-refractivity contribution >= 4 is 17.7 Å². The van der Waals surface area contributed by atoms with Crippen molar-refractivity contribution in [3.05, 3.63) is 42.1 Å². The molecule has 1 aromatic carbocycles. The van der Waals surface area contributed by atoms with Crippen LogP contribution < -0.4 is 15.0 Å². The summed E-state index contributed by atoms with van der Waals surface area (Å²) in [5.41, 5.74) is 0.653. The summed E-state index contributed by atoms with van der Waals surface area (Å²) >= 11 is 0. The van der Waals surface area contributed by atoms with E-state index in [2.05, 4.69) is 20.1 Å². The van der Waals surface area contributed by atoms with Gasteiger partial charge in [0.2, 0.25) is 5.95 Å². The molecule has 36 heavy (non-hydrogen) atoms. The van der Waals surface area contributed by atoms with Gasteiger partial charge in [0.05, 0.1) is 12.7 Å². The topological polar surface area (TPSA) is 73.8 Å². The van der Waals surface area contributed by atoms with E-state index in [0.717, 1.165) is 76.7 Å². The highest BCUT2D eigenvalue weighted by molar-refractivity contribution is 5.97. The van der Waals surface area contributed by atoms with Crippen molar-refractivity contribution in [2.24, 2.45) is 0 Å². The fraction of sp³-hybridized carbons (Fsp3) is 0.607. The fourth-order valence-electron chi connectivity index (χ4n) is 5.96. The predicted molar refractivity (Wildman–Crippen MR) is 143 cm³/mol. The molecule has 4 heterocycles. The summed E-state index contributed by atoms with van der Waals surface area (Å²) in [7, 11) is 1.62. The van der Waals surface area contributed by atoms with Crippen LogP contribution in [0.3, 0.4) is 0 Å². The molecule has 0 bridgehead atoms. The Bertz CT molecular complexity index is 1010. The predicted octanol–water partition coefficient (Wildman–Crippen LogP) is 4.05. The Kier molecular flexibility index (Phi) is 8.21. The van der Waals surface area contributed by atoms with Crippen LogP contribution >= 0.6 is 0 Å². The van der Waals surface area contributed by atoms with E-state index in [-0.39, 0.29) is 5.91 Å². The minimum atomic E-state index is 0.0718. The molecule has 194 valence electrons. The monoisotopic (exact) mass is 492 g/mol. The summed E-state index contributed by atoms with van der Waals surface area (Å²) < 4.78 is 5.44. The molecule has 2 unspecified atom stereocenters. The molecule has 3 aliphatic heterocycles. The second-order valence-electron chi connectivity index (χ2n) is 10.4. The van der Waals surface area contributed by atoms with Crippen molar-refractivity contribution in [3.63, 3.8) is 0 Å². The third-order valence-corrected chi connectivity index (χ3v) is 7.89. The summed E-state index contributed by atoms with van der Waals surface area (Å²) in [6.07, 6.45) is 11.4. The second kappa shape index (κ2) is 11.9. The van der Waals surface area contributed by atoms with E-state index in [4.69, 9.17) is 9.72 Å². The lowest BCUT2D eigenvalue weighted by Crippen LogP contribution is -2.54. The first-order valence-corrected chi connectivity index (χ1v) is 13.7. The summed E-state index contributed by atoms with van der Waals surface area (Å²) in [5.74, 6) is 2.50. The highest BCUT2D eigenvalue weighted by atomic mass is 16.5. The maximum Gasteiger partial charge on any atom is 0.257 e. The van der Waals surface area contributed by atoms with Gasteiger partial charge in [0.1, 0.15) is 11.6 Å². The zero-order valence-corrected chi connectivity index (χ0v) is 21.6. The number of likely N-dealkylation sites (tertiary alicyclic amines) is 2. The largest absolute Gasteiger partial charge is 0.496 e. The van der Waals surface area contributed by atoms with Crippen molar-refractivity contribution in [2.45, 2.75) is 63.5 Å². The van der Waals surface area contributed by atoms with Crippen molar-refractivity contribution in [2.75, 3.05) is 56.6 Å². The standard InChI is InChI=1S/C28H40N6O2/c1-36-25-13-5-4-12-24(25)27(35)34-19-9-11-23(21-34)33-18-8-10-22(20-33)30-28-29-15-14-26(31-28)32-16-6-2-3-7-17-32/h4-5,12-15,22-23H,2-3,6-11,16-21H2,1H3,(H,29,30,31). The first-order valence-electron chi connectivity index (χ1n) is 13.7. The van der Waals surface area contributed by atoms with Gasteiger partial charge in [-0.15, -0.1) is 0 Å². The molecule has 2 aromatic rings. The van der Waals surface area contributed by atoms with E-state index in [1.165, 1.54) is 25.7 Å². The van der Waals surface area contributed by atoms with Crippen LogP contribution in [0.25, 0.3) is 0 Å². The number of nitrogens with one attached hydrogen (secondary N) is 1. The average Bonchev–Trinajstić information content (AvgIpc) is 3.23. The van der Waals surface area contributed by atoms with Gasteiger partial charge in [-0.2, -0.15) is 4.98 Å². The molecule has 3 fully saturated rings. The Morgan fingerprint density at radius 2 is 1.75 bits per heavy atom. The molecule has 1 aromatic heterocycles. The van der Waals surface area contributed by atoms with Crippen molar-refractivity contribution < 1.29 is 9.53 Å². The van der Waals surface area contributed by atoms with E-state index >= 15 is 0 Å². The Hall–Kier alpha value is -2.87. The smallest absolute Gasteiger partial charge is 0.257 e. The van der Waals surface area contributed by atoms with Gasteiger partial charge in [-0.1, -0.05) is 25.0 Å². The number of rotatable bonds is 6. The number of hydrogen-bond donors (Lipinski definition) is 1. The van der Waals surface area contributed by atoms with E-state index in [1.807, 2.05) is 41.4 Å². The van der Waals surface area contributed by atoms with Crippen LogP contribution in [0.1, 0.15) is 61.7 Å². The molecule has 0 spiro atoms. The van der Waals surface area contributed by atoms with Crippen LogP contribution in [0.4, 0.5) is 11.8 Å². The SMILES string of the molecule is COc1ccccc1C(=O)N1CCCC(N2CCCC(Nc3nccc(N4CCCCCC4)n3)C2)C1. The lowest BCUT2D eigenvalue weighted by molar-refractivity contribution is 0.0523. The van der Waals surface area contributed by atoms with Crippen molar-refractivity contribution in [1.29, 1.82) is 0 Å². The number of aromatic nitrogens is 2. The van der Waals surface area contributed by atoms with Crippen LogP contribution in [0.15, 0.2) is 36.5 Å². The van der Waals surface area contributed by atoms with Gasteiger partial charge in [0, 0.05) is 51.0 Å². The summed E-state index contributed by atoms with van der Waals surface area (Å²) in [6.45, 7) is 5.77. The summed E-state index contributed by atoms with van der Waals surface area (Å²) in [4.78, 5) is 29.7. The van der Waals surface area contributed by atoms with Crippen LogP contribution in [-0.4, -0.2) is 84.1 Å². The number of benzene rings is 1. The van der Waals surface area contributed by atoms with Gasteiger partial charge < -0.3 is 19.9 Å². The van der Waals surface area contributed by atoms with Crippen LogP contribution in [0.2, 0.25) is 0 Å². The first kappa shape index (κ1) is 24.8. The number of ether oxygens (including phenoxy) is 1. The Balaban J connectivity index is 1.20. The Morgan fingerprint density at radius 3 is 2.58 bits per heavy atom. The molecule has 0 saturated carbocycles. The number of anilines is 2. The van der Waals surface area contributed by atoms with Gasteiger partial charge in [0.25, 0.3) is 5.91 Å². The second-order valence-corrected chi connectivity index (χ2v) is 10.4. The number of amides is 1. The maximum atomic E-state index is 13.3. The number of piperidine rings is 2. The lowest BCUT2D eigenvalue weighted by atomic mass is 9.98. The summed E-state index contributed by atoms with van der Waals surface area (Å²) in [5, 5.41) is 3.63. The minimum absolute atomic E-state index is 0.0718. The zero-order chi connectivity index (χ0) is 24.7. The normalized spacial score (nSPS) is 23.7. The molecular formula is C28H40N6O2. The highest BCUT2D eigenvalue weighted by Gasteiger charge is 2.32. The average molecular weight is 493 g/mol. The van der Waals surface area contributed by atoms with E-state index in [0.29, 0.717) is 23.4 Å². The number of para-hydroxylation sites is 1. The molecule has 5 rings (SSSR count). The number of hydrogen-bond acceptors (Lipinski definition) is 7. The van der Waals surface area contributed by atoms with Crippen LogP contribution in [0.5, 0.6) is 5.75 Å². The van der Waals surface area contributed by atoms with Gasteiger partial charge in [-0.25, -0.2) is 4.98 Å². The minimum Gasteiger partial charge on any atom is -0.496 e. The van der Waals surface area contributed by atoms with E-state index in [1.54, 1.807) is 7.11 Å². The molecule has 1 N–H and O–H groups in total. The lowest BCUT2D eigenvalue weighted by Gasteiger charge is -2.43. The van der Waals surface area contributed by atoms with E-state index in [9.17, 15) is 4.79 Å². The number of nitrogens with zero attached hydrogens (tertiary/aromatic N) is 5. The number of carbonyl (C=O) groups excluding carboxylic acids is 1. The Morgan fingerprint density at radius 1 is 0.944 bits per heavy atom. The molecule has 8 heteroatoms. The van der Waals surface area contributed by atoms with E-state index < -0.39 is 0 Å². The number of methoxy groups -OCH3 is 1. The molecule has 0 aliphatic carbocycles. The summed E-state index contributed by atoms with van der Waals surface area (Å²) in [6, 6.07) is 10.3. The quantitative estimate of drug-likeness (QED) is 0.652. The molecule has 3 aliphatic rings. The molecule has 3 saturated heterocycles. The highest BCUT2D eigenvalue weighted by Crippen LogP contribution is 2.26. The van der Waals surface area contributed by atoms with Gasteiger partial charge >= 0.3 is 0 Å². The fourth-order valence-corrected chi connectivity index (χ4v) is 5.96. The zero-order valence-electron chi connectivity index (χ0n) is 21.6. The molecule has 8 nitrogen and oxygen atoms in total. The van der Waals surface area contributed by atoms with Gasteiger partial charge in [-0.3, -0.25) is 9.69 Å². The first-order chi connectivity index (χ1) is 17.7. The van der Waals surface area contributed by atoms with Crippen molar-refractivity contribution in [1.82, 2.24) is 19.8 Å². The van der Waals surface area contributed by atoms with Crippen LogP contribution in [0, 0.1) is 0 Å². The van der Waals surface area contributed by atoms with Crippen LogP contribution in [-0.2, 0) is 0 Å². The molecule has 0 radical (unpaired) electrons. The molecular weight excluding hydrogens is 452 g/mol.